The Labute approximate surface area is 118 Å². The number of halogens is 2. The minimum Gasteiger partial charge on any atom is -0.480 e. The van der Waals surface area contributed by atoms with Gasteiger partial charge < -0.3 is 10.4 Å². The number of nitrogens with zero attached hydrogens (tertiary/aromatic N) is 1. The molecule has 0 radical (unpaired) electrons. The molecule has 0 fully saturated rings. The third-order valence-corrected chi connectivity index (χ3v) is 2.83. The van der Waals surface area contributed by atoms with Gasteiger partial charge in [0.2, 0.25) is 5.91 Å². The van der Waals surface area contributed by atoms with Gasteiger partial charge in [-0.25, -0.2) is 0 Å². The van der Waals surface area contributed by atoms with Crippen molar-refractivity contribution in [2.24, 2.45) is 0 Å². The van der Waals surface area contributed by atoms with Gasteiger partial charge in [0.1, 0.15) is 0 Å². The van der Waals surface area contributed by atoms with Crippen molar-refractivity contribution in [3.05, 3.63) is 27.7 Å². The zero-order valence-corrected chi connectivity index (χ0v) is 12.0. The summed E-state index contributed by atoms with van der Waals surface area (Å²) in [4.78, 5) is 23.5. The summed E-state index contributed by atoms with van der Waals surface area (Å²) in [5.74, 6) is -1.30. The van der Waals surface area contributed by atoms with E-state index in [1.54, 1.807) is 25.2 Å². The molecule has 1 aromatic rings. The van der Waals surface area contributed by atoms with E-state index in [2.05, 4.69) is 21.2 Å². The van der Waals surface area contributed by atoms with E-state index in [1.165, 1.54) is 4.90 Å². The molecule has 0 unspecified atom stereocenters. The fourth-order valence-electron chi connectivity index (χ4n) is 1.31. The van der Waals surface area contributed by atoms with Crippen LogP contribution < -0.4 is 5.32 Å². The third-order valence-electron chi connectivity index (χ3n) is 2.02. The van der Waals surface area contributed by atoms with E-state index in [9.17, 15) is 9.59 Å². The van der Waals surface area contributed by atoms with Crippen LogP contribution in [0.5, 0.6) is 0 Å². The van der Waals surface area contributed by atoms with Crippen molar-refractivity contribution in [1.82, 2.24) is 4.90 Å². The number of carboxylic acid groups (broad SMARTS) is 1. The maximum absolute atomic E-state index is 11.6. The molecule has 0 aliphatic heterocycles. The van der Waals surface area contributed by atoms with Crippen molar-refractivity contribution >= 4 is 45.1 Å². The Morgan fingerprint density at radius 3 is 2.67 bits per heavy atom. The summed E-state index contributed by atoms with van der Waals surface area (Å²) in [6.07, 6.45) is 0. The van der Waals surface area contributed by atoms with Crippen molar-refractivity contribution < 1.29 is 14.7 Å². The van der Waals surface area contributed by atoms with E-state index in [0.717, 1.165) is 4.47 Å². The van der Waals surface area contributed by atoms with Crippen LogP contribution in [0.1, 0.15) is 0 Å². The van der Waals surface area contributed by atoms with Gasteiger partial charge >= 0.3 is 5.97 Å². The van der Waals surface area contributed by atoms with Gasteiger partial charge in [0.15, 0.2) is 0 Å². The molecule has 7 heteroatoms. The first kappa shape index (κ1) is 14.9. The molecule has 18 heavy (non-hydrogen) atoms. The lowest BCUT2D eigenvalue weighted by molar-refractivity contribution is -0.138. The molecule has 1 amide bonds. The number of nitrogens with one attached hydrogen (secondary N) is 1. The van der Waals surface area contributed by atoms with Gasteiger partial charge in [0.05, 0.1) is 23.8 Å². The van der Waals surface area contributed by atoms with E-state index < -0.39 is 5.97 Å². The smallest absolute Gasteiger partial charge is 0.317 e. The second kappa shape index (κ2) is 6.72. The maximum atomic E-state index is 11.6. The van der Waals surface area contributed by atoms with Crippen molar-refractivity contribution in [2.75, 3.05) is 25.5 Å². The van der Waals surface area contributed by atoms with Gasteiger partial charge in [-0.1, -0.05) is 27.5 Å². The van der Waals surface area contributed by atoms with Crippen LogP contribution in [0, 0.1) is 0 Å². The van der Waals surface area contributed by atoms with Gasteiger partial charge in [-0.3, -0.25) is 14.5 Å². The number of benzene rings is 1. The average molecular weight is 336 g/mol. The van der Waals surface area contributed by atoms with E-state index >= 15 is 0 Å². The third kappa shape index (κ3) is 5.03. The molecule has 0 aliphatic rings. The molecule has 98 valence electrons. The fraction of sp³-hybridized carbons (Fsp3) is 0.273. The largest absolute Gasteiger partial charge is 0.480 e. The topological polar surface area (TPSA) is 69.6 Å². The van der Waals surface area contributed by atoms with Crippen LogP contribution in [0.15, 0.2) is 22.7 Å². The lowest BCUT2D eigenvalue weighted by Crippen LogP contribution is -2.33. The van der Waals surface area contributed by atoms with Gasteiger partial charge in [-0.05, 0) is 25.2 Å². The van der Waals surface area contributed by atoms with Crippen molar-refractivity contribution in [3.63, 3.8) is 0 Å². The molecule has 5 nitrogen and oxygen atoms in total. The van der Waals surface area contributed by atoms with Crippen LogP contribution in [0.3, 0.4) is 0 Å². The second-order valence-corrected chi connectivity index (χ2v) is 5.06. The Bertz CT molecular complexity index is 468. The predicted octanol–water partition coefficient (Wildman–Crippen LogP) is 2.06. The molecule has 0 spiro atoms. The van der Waals surface area contributed by atoms with Crippen molar-refractivity contribution in [2.45, 2.75) is 0 Å². The van der Waals surface area contributed by atoms with Crippen molar-refractivity contribution in [3.8, 4) is 0 Å². The average Bonchev–Trinajstić information content (AvgIpc) is 2.20. The summed E-state index contributed by atoms with van der Waals surface area (Å²) < 4.78 is 0.813. The second-order valence-electron chi connectivity index (χ2n) is 3.74. The standard InChI is InChI=1S/C11H12BrClN2O3/c1-15(6-11(17)18)5-10(16)14-9-3-2-7(12)4-8(9)13/h2-4H,5-6H2,1H3,(H,14,16)(H,17,18). The minimum absolute atomic E-state index is 0.0152. The molecule has 0 saturated carbocycles. The molecule has 0 atom stereocenters. The molecule has 0 bridgehead atoms. The number of carboxylic acids is 1. The molecular weight excluding hydrogens is 323 g/mol. The van der Waals surface area contributed by atoms with E-state index in [0.29, 0.717) is 10.7 Å². The highest BCUT2D eigenvalue weighted by Crippen LogP contribution is 2.25. The minimum atomic E-state index is -0.980. The monoisotopic (exact) mass is 334 g/mol. The lowest BCUT2D eigenvalue weighted by Gasteiger charge is -2.14. The summed E-state index contributed by atoms with van der Waals surface area (Å²) >= 11 is 9.20. The molecule has 1 rings (SSSR count). The van der Waals surface area contributed by atoms with Gasteiger partial charge in [0, 0.05) is 4.47 Å². The Morgan fingerprint density at radius 1 is 1.44 bits per heavy atom. The molecule has 0 heterocycles. The van der Waals surface area contributed by atoms with Crippen LogP contribution in [0.25, 0.3) is 0 Å². The molecule has 0 aromatic heterocycles. The SMILES string of the molecule is CN(CC(=O)O)CC(=O)Nc1ccc(Br)cc1Cl. The van der Waals surface area contributed by atoms with E-state index in [-0.39, 0.29) is 19.0 Å². The van der Waals surface area contributed by atoms with Gasteiger partial charge in [0.25, 0.3) is 0 Å². The van der Waals surface area contributed by atoms with E-state index in [4.69, 9.17) is 16.7 Å². The van der Waals surface area contributed by atoms with Gasteiger partial charge in [-0.15, -0.1) is 0 Å². The Kier molecular flexibility index (Phi) is 5.58. The number of carbonyl (C=O) groups excluding carboxylic acids is 1. The normalized spacial score (nSPS) is 10.4. The van der Waals surface area contributed by atoms with Crippen molar-refractivity contribution in [1.29, 1.82) is 0 Å². The molecule has 0 saturated heterocycles. The number of amides is 1. The molecule has 1 aromatic carbocycles. The quantitative estimate of drug-likeness (QED) is 0.864. The number of hydrogen-bond donors (Lipinski definition) is 2. The van der Waals surface area contributed by atoms with Crippen LogP contribution in [-0.4, -0.2) is 42.0 Å². The summed E-state index contributed by atoms with van der Waals surface area (Å²) in [7, 11) is 1.55. The number of likely N-dealkylation sites (N-methyl/N-ethyl adjacent to an activating group) is 1. The summed E-state index contributed by atoms with van der Waals surface area (Å²) in [5, 5.41) is 11.6. The zero-order valence-electron chi connectivity index (χ0n) is 9.61. The first-order chi connectivity index (χ1) is 8.38. The summed E-state index contributed by atoms with van der Waals surface area (Å²) in [6, 6.07) is 5.09. The molecule has 0 aliphatic carbocycles. The Hall–Kier alpha value is -1.11. The fourth-order valence-corrected chi connectivity index (χ4v) is 2.03. The van der Waals surface area contributed by atoms with E-state index in [1.807, 2.05) is 0 Å². The maximum Gasteiger partial charge on any atom is 0.317 e. The summed E-state index contributed by atoms with van der Waals surface area (Å²) in [5.41, 5.74) is 0.494. The zero-order chi connectivity index (χ0) is 13.7. The van der Waals surface area contributed by atoms with Crippen LogP contribution >= 0.6 is 27.5 Å². The van der Waals surface area contributed by atoms with Crippen LogP contribution in [-0.2, 0) is 9.59 Å². The highest BCUT2D eigenvalue weighted by Gasteiger charge is 2.11. The number of carbonyl (C=O) groups is 2. The molecular formula is C11H12BrClN2O3. The molecule has 2 N–H and O–H groups in total. The lowest BCUT2D eigenvalue weighted by atomic mass is 10.3. The first-order valence-corrected chi connectivity index (χ1v) is 6.21. The first-order valence-electron chi connectivity index (χ1n) is 5.03. The highest BCUT2D eigenvalue weighted by atomic mass is 79.9. The Balaban J connectivity index is 2.56. The Morgan fingerprint density at radius 2 is 2.11 bits per heavy atom. The van der Waals surface area contributed by atoms with Gasteiger partial charge in [-0.2, -0.15) is 0 Å². The van der Waals surface area contributed by atoms with Crippen LogP contribution in [0.2, 0.25) is 5.02 Å². The predicted molar refractivity (Wildman–Crippen MR) is 72.9 cm³/mol. The summed E-state index contributed by atoms with van der Waals surface area (Å²) in [6.45, 7) is -0.208. The van der Waals surface area contributed by atoms with Crippen LogP contribution in [0.4, 0.5) is 5.69 Å². The number of anilines is 1. The number of rotatable bonds is 5. The highest BCUT2D eigenvalue weighted by molar-refractivity contribution is 9.10. The number of hydrogen-bond acceptors (Lipinski definition) is 3. The number of aliphatic carboxylic acids is 1.